The Labute approximate surface area is 174 Å². The number of carbonyl (C=O) groups is 2. The van der Waals surface area contributed by atoms with Crippen LogP contribution < -0.4 is 0 Å². The minimum Gasteiger partial charge on any atom is -0.466 e. The van der Waals surface area contributed by atoms with Crippen LogP contribution in [0.5, 0.6) is 0 Å². The van der Waals surface area contributed by atoms with Gasteiger partial charge in [0, 0.05) is 12.7 Å². The summed E-state index contributed by atoms with van der Waals surface area (Å²) in [6, 6.07) is 3.26. The Bertz CT molecular complexity index is 717. The van der Waals surface area contributed by atoms with Gasteiger partial charge in [0.25, 0.3) is 5.91 Å². The number of rotatable bonds is 7. The molecular formula is C21H34N2O5Si. The Hall–Kier alpha value is -1.77. The molecule has 8 heteroatoms. The summed E-state index contributed by atoms with van der Waals surface area (Å²) >= 11 is 0. The zero-order valence-electron chi connectivity index (χ0n) is 18.5. The van der Waals surface area contributed by atoms with Crippen molar-refractivity contribution in [2.24, 2.45) is 0 Å². The van der Waals surface area contributed by atoms with Gasteiger partial charge in [-0.15, -0.1) is 0 Å². The van der Waals surface area contributed by atoms with Crippen LogP contribution in [0.2, 0.25) is 18.1 Å². The van der Waals surface area contributed by atoms with Crippen LogP contribution >= 0.6 is 0 Å². The normalized spacial score (nSPS) is 17.9. The molecule has 2 heterocycles. The van der Waals surface area contributed by atoms with E-state index >= 15 is 0 Å². The highest BCUT2D eigenvalue weighted by molar-refractivity contribution is 6.74. The summed E-state index contributed by atoms with van der Waals surface area (Å²) in [5, 5.41) is 0.0908. The van der Waals surface area contributed by atoms with E-state index in [4.69, 9.17) is 13.9 Å². The molecule has 1 amide bonds. The van der Waals surface area contributed by atoms with Gasteiger partial charge < -0.3 is 18.8 Å². The SMILES string of the molecule is CCOC(=O)Cc1ncccc1C(=O)N1CCOC[C@H]1CO[Si](C)(C)C(C)(C)C. The molecule has 0 aromatic carbocycles. The van der Waals surface area contributed by atoms with E-state index in [-0.39, 0.29) is 29.4 Å². The molecule has 0 saturated carbocycles. The van der Waals surface area contributed by atoms with E-state index < -0.39 is 8.32 Å². The molecule has 1 aromatic rings. The first-order chi connectivity index (χ1) is 13.6. The number of morpholine rings is 1. The highest BCUT2D eigenvalue weighted by atomic mass is 28.4. The van der Waals surface area contributed by atoms with E-state index in [1.165, 1.54) is 0 Å². The predicted molar refractivity (Wildman–Crippen MR) is 113 cm³/mol. The van der Waals surface area contributed by atoms with Gasteiger partial charge in [-0.05, 0) is 37.2 Å². The van der Waals surface area contributed by atoms with Crippen molar-refractivity contribution in [2.75, 3.05) is 33.0 Å². The van der Waals surface area contributed by atoms with Gasteiger partial charge in [0.05, 0.1) is 50.1 Å². The van der Waals surface area contributed by atoms with Crippen LogP contribution in [0.25, 0.3) is 0 Å². The van der Waals surface area contributed by atoms with Gasteiger partial charge in [0.15, 0.2) is 8.32 Å². The summed E-state index contributed by atoms with van der Waals surface area (Å²) in [5.41, 5.74) is 0.867. The van der Waals surface area contributed by atoms with Crippen molar-refractivity contribution in [1.82, 2.24) is 9.88 Å². The summed E-state index contributed by atoms with van der Waals surface area (Å²) in [6.07, 6.45) is 1.56. The highest BCUT2D eigenvalue weighted by Gasteiger charge is 2.39. The zero-order valence-corrected chi connectivity index (χ0v) is 19.5. The number of hydrogen-bond donors (Lipinski definition) is 0. The van der Waals surface area contributed by atoms with Crippen molar-refractivity contribution in [3.05, 3.63) is 29.6 Å². The minimum atomic E-state index is -1.94. The molecule has 1 aliphatic rings. The van der Waals surface area contributed by atoms with E-state index in [0.29, 0.717) is 44.2 Å². The third-order valence-electron chi connectivity index (χ3n) is 5.67. The maximum absolute atomic E-state index is 13.3. The Balaban J connectivity index is 2.17. The van der Waals surface area contributed by atoms with Crippen LogP contribution in [0.15, 0.2) is 18.3 Å². The Morgan fingerprint density at radius 2 is 2.07 bits per heavy atom. The van der Waals surface area contributed by atoms with Crippen LogP contribution in [0, 0.1) is 0 Å². The fourth-order valence-electron chi connectivity index (χ4n) is 2.86. The first-order valence-corrected chi connectivity index (χ1v) is 13.1. The summed E-state index contributed by atoms with van der Waals surface area (Å²) in [4.78, 5) is 31.3. The van der Waals surface area contributed by atoms with Crippen molar-refractivity contribution in [3.63, 3.8) is 0 Å². The molecule has 1 atom stereocenters. The molecule has 0 radical (unpaired) electrons. The molecule has 1 fully saturated rings. The van der Waals surface area contributed by atoms with Gasteiger partial charge in [-0.2, -0.15) is 0 Å². The van der Waals surface area contributed by atoms with E-state index in [1.807, 2.05) is 0 Å². The van der Waals surface area contributed by atoms with Gasteiger partial charge in [0.1, 0.15) is 0 Å². The Morgan fingerprint density at radius 1 is 1.34 bits per heavy atom. The molecule has 0 bridgehead atoms. The zero-order chi connectivity index (χ0) is 21.7. The molecule has 1 aromatic heterocycles. The van der Waals surface area contributed by atoms with Crippen LogP contribution in [-0.2, 0) is 25.1 Å². The standard InChI is InChI=1S/C21H34N2O5Si/c1-7-27-19(24)13-18-17(9-8-10-22-18)20(25)23-11-12-26-14-16(23)15-28-29(5,6)21(2,3)4/h8-10,16H,7,11-15H2,1-6H3/t16-/m0/s1. The first-order valence-electron chi connectivity index (χ1n) is 10.2. The summed E-state index contributed by atoms with van der Waals surface area (Å²) in [6.45, 7) is 14.9. The fourth-order valence-corrected chi connectivity index (χ4v) is 3.90. The van der Waals surface area contributed by atoms with Crippen LogP contribution in [0.1, 0.15) is 43.7 Å². The molecule has 1 aliphatic heterocycles. The van der Waals surface area contributed by atoms with Crippen LogP contribution in [-0.4, -0.2) is 69.1 Å². The van der Waals surface area contributed by atoms with Gasteiger partial charge >= 0.3 is 5.97 Å². The van der Waals surface area contributed by atoms with Crippen molar-refractivity contribution < 1.29 is 23.5 Å². The van der Waals surface area contributed by atoms with Gasteiger partial charge in [-0.1, -0.05) is 20.8 Å². The van der Waals surface area contributed by atoms with Gasteiger partial charge in [0.2, 0.25) is 0 Å². The smallest absolute Gasteiger partial charge is 0.311 e. The topological polar surface area (TPSA) is 78.0 Å². The number of hydrogen-bond acceptors (Lipinski definition) is 6. The lowest BCUT2D eigenvalue weighted by Crippen LogP contribution is -2.53. The van der Waals surface area contributed by atoms with Crippen LogP contribution in [0.4, 0.5) is 0 Å². The molecule has 0 aliphatic carbocycles. The van der Waals surface area contributed by atoms with Gasteiger partial charge in [-0.3, -0.25) is 14.6 Å². The summed E-state index contributed by atoms with van der Waals surface area (Å²) in [7, 11) is -1.94. The second-order valence-corrected chi connectivity index (χ2v) is 13.6. The third kappa shape index (κ3) is 6.10. The number of amides is 1. The lowest BCUT2D eigenvalue weighted by atomic mass is 10.1. The first kappa shape index (κ1) is 23.5. The Morgan fingerprint density at radius 3 is 2.72 bits per heavy atom. The molecule has 162 valence electrons. The maximum atomic E-state index is 13.3. The van der Waals surface area contributed by atoms with Crippen LogP contribution in [0.3, 0.4) is 0 Å². The largest absolute Gasteiger partial charge is 0.466 e. The summed E-state index contributed by atoms with van der Waals surface area (Å²) < 4.78 is 17.0. The molecule has 0 spiro atoms. The maximum Gasteiger partial charge on any atom is 0.311 e. The number of esters is 1. The van der Waals surface area contributed by atoms with E-state index in [1.54, 1.807) is 30.2 Å². The lowest BCUT2D eigenvalue weighted by molar-refractivity contribution is -0.142. The molecule has 29 heavy (non-hydrogen) atoms. The molecule has 1 saturated heterocycles. The number of pyridine rings is 1. The number of carbonyl (C=O) groups excluding carboxylic acids is 2. The average Bonchev–Trinajstić information content (AvgIpc) is 2.66. The number of ether oxygens (including phenoxy) is 2. The van der Waals surface area contributed by atoms with E-state index in [0.717, 1.165) is 0 Å². The quantitative estimate of drug-likeness (QED) is 0.496. The fraction of sp³-hybridized carbons (Fsp3) is 0.667. The molecule has 7 nitrogen and oxygen atoms in total. The predicted octanol–water partition coefficient (Wildman–Crippen LogP) is 3.05. The van der Waals surface area contributed by atoms with Crippen molar-refractivity contribution in [1.29, 1.82) is 0 Å². The van der Waals surface area contributed by atoms with Gasteiger partial charge in [-0.25, -0.2) is 0 Å². The Kier molecular flexibility index (Phi) is 7.96. The molecular weight excluding hydrogens is 388 g/mol. The third-order valence-corrected chi connectivity index (χ3v) is 10.2. The van der Waals surface area contributed by atoms with E-state index in [2.05, 4.69) is 38.8 Å². The van der Waals surface area contributed by atoms with E-state index in [9.17, 15) is 9.59 Å². The second kappa shape index (κ2) is 9.82. The molecule has 0 unspecified atom stereocenters. The van der Waals surface area contributed by atoms with Crippen molar-refractivity contribution in [3.8, 4) is 0 Å². The van der Waals surface area contributed by atoms with Crippen molar-refractivity contribution >= 4 is 20.2 Å². The minimum absolute atomic E-state index is 0.0226. The second-order valence-electron chi connectivity index (χ2n) is 8.78. The average molecular weight is 423 g/mol. The number of nitrogens with zero attached hydrogens (tertiary/aromatic N) is 2. The highest BCUT2D eigenvalue weighted by Crippen LogP contribution is 2.36. The monoisotopic (exact) mass is 422 g/mol. The van der Waals surface area contributed by atoms with Crippen molar-refractivity contribution in [2.45, 2.75) is 58.3 Å². The molecule has 0 N–H and O–H groups in total. The number of aromatic nitrogens is 1. The summed E-state index contributed by atoms with van der Waals surface area (Å²) in [5.74, 6) is -0.537. The lowest BCUT2D eigenvalue weighted by Gasteiger charge is -2.41. The molecule has 2 rings (SSSR count).